The predicted octanol–water partition coefficient (Wildman–Crippen LogP) is 3.86. The third-order valence-corrected chi connectivity index (χ3v) is 3.21. The summed E-state index contributed by atoms with van der Waals surface area (Å²) in [4.78, 5) is 0.402. The molecule has 4 heteroatoms. The van der Waals surface area contributed by atoms with Crippen molar-refractivity contribution in [1.29, 1.82) is 0 Å². The molecule has 0 bridgehead atoms. The molecule has 0 aromatic heterocycles. The molecule has 98 valence electrons. The van der Waals surface area contributed by atoms with E-state index >= 15 is 0 Å². The number of thiocarbonyl (C=S) groups is 1. The Bertz CT molecular complexity index is 613. The van der Waals surface area contributed by atoms with Gasteiger partial charge < -0.3 is 10.5 Å². The second-order valence-electron chi connectivity index (χ2n) is 4.26. The molecule has 0 saturated carbocycles. The van der Waals surface area contributed by atoms with Crippen LogP contribution in [0.3, 0.4) is 0 Å². The van der Waals surface area contributed by atoms with E-state index in [1.807, 2.05) is 49.4 Å². The molecule has 0 aliphatic carbocycles. The molecule has 0 saturated heterocycles. The predicted molar refractivity (Wildman–Crippen MR) is 82.9 cm³/mol. The van der Waals surface area contributed by atoms with Crippen molar-refractivity contribution >= 4 is 28.8 Å². The monoisotopic (exact) mass is 291 g/mol. The number of aryl methyl sites for hydroxylation is 1. The molecular weight excluding hydrogens is 278 g/mol. The zero-order chi connectivity index (χ0) is 13.8. The van der Waals surface area contributed by atoms with Gasteiger partial charge in [0, 0.05) is 10.6 Å². The lowest BCUT2D eigenvalue weighted by Crippen LogP contribution is -2.11. The molecule has 0 heterocycles. The molecule has 2 aromatic carbocycles. The largest absolute Gasteiger partial charge is 0.489 e. The summed E-state index contributed by atoms with van der Waals surface area (Å²) in [6.45, 7) is 2.44. The summed E-state index contributed by atoms with van der Waals surface area (Å²) in [6.07, 6.45) is 0. The van der Waals surface area contributed by atoms with Gasteiger partial charge >= 0.3 is 0 Å². The minimum atomic E-state index is 0.402. The molecule has 0 amide bonds. The number of hydrogen-bond donors (Lipinski definition) is 1. The Hall–Kier alpha value is -1.58. The van der Waals surface area contributed by atoms with Gasteiger partial charge in [0.1, 0.15) is 17.3 Å². The molecule has 2 nitrogen and oxygen atoms in total. The summed E-state index contributed by atoms with van der Waals surface area (Å²) in [5, 5.41) is 0.709. The topological polar surface area (TPSA) is 35.2 Å². The minimum absolute atomic E-state index is 0.402. The fraction of sp³-hybridized carbons (Fsp3) is 0.133. The minimum Gasteiger partial charge on any atom is -0.489 e. The number of ether oxygens (including phenoxy) is 1. The highest BCUT2D eigenvalue weighted by atomic mass is 35.5. The highest BCUT2D eigenvalue weighted by Crippen LogP contribution is 2.19. The van der Waals surface area contributed by atoms with Gasteiger partial charge in [0.05, 0.1) is 0 Å². The van der Waals surface area contributed by atoms with Crippen molar-refractivity contribution in [1.82, 2.24) is 0 Å². The summed E-state index contributed by atoms with van der Waals surface area (Å²) in [5.41, 5.74) is 8.54. The second kappa shape index (κ2) is 6.04. The lowest BCUT2D eigenvalue weighted by Gasteiger charge is -2.09. The lowest BCUT2D eigenvalue weighted by atomic mass is 10.1. The first-order valence-corrected chi connectivity index (χ1v) is 6.62. The molecule has 2 N–H and O–H groups in total. The first-order chi connectivity index (χ1) is 9.06. The molecule has 2 aromatic rings. The molecule has 0 aliphatic heterocycles. The zero-order valence-corrected chi connectivity index (χ0v) is 12.1. The van der Waals surface area contributed by atoms with Crippen LogP contribution in [0.2, 0.25) is 5.02 Å². The second-order valence-corrected chi connectivity index (χ2v) is 5.14. The maximum absolute atomic E-state index is 5.92. The van der Waals surface area contributed by atoms with Crippen LogP contribution in [0.15, 0.2) is 42.5 Å². The first-order valence-electron chi connectivity index (χ1n) is 5.84. The Balaban J connectivity index is 2.08. The van der Waals surface area contributed by atoms with Crippen LogP contribution in [0.5, 0.6) is 5.75 Å². The quantitative estimate of drug-likeness (QED) is 0.869. The Morgan fingerprint density at radius 3 is 2.68 bits per heavy atom. The first kappa shape index (κ1) is 13.8. The highest BCUT2D eigenvalue weighted by molar-refractivity contribution is 7.80. The van der Waals surface area contributed by atoms with E-state index in [0.717, 1.165) is 22.4 Å². The van der Waals surface area contributed by atoms with Crippen LogP contribution in [0.1, 0.15) is 16.7 Å². The van der Waals surface area contributed by atoms with Crippen LogP contribution >= 0.6 is 23.8 Å². The molecule has 19 heavy (non-hydrogen) atoms. The molecule has 2 rings (SSSR count). The van der Waals surface area contributed by atoms with Crippen molar-refractivity contribution in [2.24, 2.45) is 5.73 Å². The average Bonchev–Trinajstić information content (AvgIpc) is 2.36. The standard InChI is InChI=1S/C15H14ClNOS/c1-10-7-13(5-6-14(10)15(17)19)18-9-11-3-2-4-12(16)8-11/h2-8H,9H2,1H3,(H2,17,19). The third kappa shape index (κ3) is 3.69. The summed E-state index contributed by atoms with van der Waals surface area (Å²) < 4.78 is 5.72. The van der Waals surface area contributed by atoms with Gasteiger partial charge in [-0.3, -0.25) is 0 Å². The van der Waals surface area contributed by atoms with Crippen molar-refractivity contribution in [2.75, 3.05) is 0 Å². The Kier molecular flexibility index (Phi) is 4.40. The molecule has 0 unspecified atom stereocenters. The number of benzene rings is 2. The normalized spacial score (nSPS) is 10.2. The van der Waals surface area contributed by atoms with Crippen LogP contribution in [0, 0.1) is 6.92 Å². The molecule has 0 spiro atoms. The number of hydrogen-bond acceptors (Lipinski definition) is 2. The van der Waals surface area contributed by atoms with Gasteiger partial charge in [0.25, 0.3) is 0 Å². The number of halogens is 1. The van der Waals surface area contributed by atoms with Crippen molar-refractivity contribution in [3.05, 3.63) is 64.2 Å². The van der Waals surface area contributed by atoms with Crippen LogP contribution < -0.4 is 10.5 Å². The molecule has 0 radical (unpaired) electrons. The highest BCUT2D eigenvalue weighted by Gasteiger charge is 2.03. The van der Waals surface area contributed by atoms with Crippen LogP contribution in [-0.4, -0.2) is 4.99 Å². The van der Waals surface area contributed by atoms with E-state index in [0.29, 0.717) is 16.6 Å². The maximum atomic E-state index is 5.92. The van der Waals surface area contributed by atoms with E-state index in [4.69, 9.17) is 34.3 Å². The van der Waals surface area contributed by atoms with E-state index < -0.39 is 0 Å². The van der Waals surface area contributed by atoms with E-state index in [2.05, 4.69) is 0 Å². The summed E-state index contributed by atoms with van der Waals surface area (Å²) in [5.74, 6) is 0.789. The van der Waals surface area contributed by atoms with Crippen molar-refractivity contribution in [3.8, 4) is 5.75 Å². The van der Waals surface area contributed by atoms with Gasteiger partial charge in [0.15, 0.2) is 0 Å². The van der Waals surface area contributed by atoms with Crippen LogP contribution in [0.25, 0.3) is 0 Å². The summed E-state index contributed by atoms with van der Waals surface area (Å²) >= 11 is 10.9. The molecule has 0 aliphatic rings. The summed E-state index contributed by atoms with van der Waals surface area (Å²) in [6, 6.07) is 13.3. The van der Waals surface area contributed by atoms with Gasteiger partial charge in [-0.05, 0) is 48.4 Å². The van der Waals surface area contributed by atoms with Crippen LogP contribution in [0.4, 0.5) is 0 Å². The van der Waals surface area contributed by atoms with Gasteiger partial charge in [0.2, 0.25) is 0 Å². The van der Waals surface area contributed by atoms with E-state index in [9.17, 15) is 0 Å². The smallest absolute Gasteiger partial charge is 0.120 e. The number of nitrogens with two attached hydrogens (primary N) is 1. The zero-order valence-electron chi connectivity index (χ0n) is 10.5. The summed E-state index contributed by atoms with van der Waals surface area (Å²) in [7, 11) is 0. The molecule has 0 fully saturated rings. The Labute approximate surface area is 123 Å². The lowest BCUT2D eigenvalue weighted by molar-refractivity contribution is 0.306. The third-order valence-electron chi connectivity index (χ3n) is 2.76. The fourth-order valence-corrected chi connectivity index (χ4v) is 2.24. The van der Waals surface area contributed by atoms with Gasteiger partial charge in [-0.15, -0.1) is 0 Å². The van der Waals surface area contributed by atoms with E-state index in [1.165, 1.54) is 0 Å². The van der Waals surface area contributed by atoms with Gasteiger partial charge in [-0.2, -0.15) is 0 Å². The van der Waals surface area contributed by atoms with Crippen LogP contribution in [-0.2, 0) is 6.61 Å². The van der Waals surface area contributed by atoms with Crippen molar-refractivity contribution in [2.45, 2.75) is 13.5 Å². The Morgan fingerprint density at radius 2 is 2.05 bits per heavy atom. The van der Waals surface area contributed by atoms with Crippen molar-refractivity contribution in [3.63, 3.8) is 0 Å². The maximum Gasteiger partial charge on any atom is 0.120 e. The van der Waals surface area contributed by atoms with Gasteiger partial charge in [-0.25, -0.2) is 0 Å². The average molecular weight is 292 g/mol. The Morgan fingerprint density at radius 1 is 1.26 bits per heavy atom. The van der Waals surface area contributed by atoms with Crippen molar-refractivity contribution < 1.29 is 4.74 Å². The number of rotatable bonds is 4. The van der Waals surface area contributed by atoms with E-state index in [1.54, 1.807) is 0 Å². The molecule has 0 atom stereocenters. The SMILES string of the molecule is Cc1cc(OCc2cccc(Cl)c2)ccc1C(N)=S. The molecular formula is C15H14ClNOS. The van der Waals surface area contributed by atoms with E-state index in [-0.39, 0.29) is 0 Å². The fourth-order valence-electron chi connectivity index (χ4n) is 1.80. The van der Waals surface area contributed by atoms with Gasteiger partial charge in [-0.1, -0.05) is 36.0 Å².